The van der Waals surface area contributed by atoms with Crippen LogP contribution in [0.5, 0.6) is 0 Å². The summed E-state index contributed by atoms with van der Waals surface area (Å²) in [5.74, 6) is -0.144. The van der Waals surface area contributed by atoms with Gasteiger partial charge in [0.15, 0.2) is 0 Å². The zero-order chi connectivity index (χ0) is 10.9. The monoisotopic (exact) mass is 220 g/mol. The van der Waals surface area contributed by atoms with E-state index in [9.17, 15) is 13.6 Å². The van der Waals surface area contributed by atoms with E-state index in [0.717, 1.165) is 6.07 Å². The Bertz CT molecular complexity index is 382. The minimum atomic E-state index is -2.70. The molecule has 0 spiro atoms. The van der Waals surface area contributed by atoms with Crippen molar-refractivity contribution in [3.05, 3.63) is 22.9 Å². The Labute approximate surface area is 83.9 Å². The predicted octanol–water partition coefficient (Wildman–Crippen LogP) is 2.29. The lowest BCUT2D eigenvalue weighted by atomic mass is 10.1. The van der Waals surface area contributed by atoms with Crippen LogP contribution in [-0.2, 0) is 0 Å². The highest BCUT2D eigenvalue weighted by Gasteiger charge is 2.18. The summed E-state index contributed by atoms with van der Waals surface area (Å²) in [6, 6.07) is 1.03. The number of carbonyl (C=O) groups is 1. The number of alkyl halides is 2. The van der Waals surface area contributed by atoms with E-state index in [0.29, 0.717) is 0 Å². The summed E-state index contributed by atoms with van der Waals surface area (Å²) in [6.45, 7) is 1.35. The zero-order valence-electron chi connectivity index (χ0n) is 7.22. The average molecular weight is 221 g/mol. The number of rotatable bonds is 2. The van der Waals surface area contributed by atoms with Gasteiger partial charge in [-0.15, -0.1) is 0 Å². The molecule has 0 aliphatic rings. The van der Waals surface area contributed by atoms with Crippen molar-refractivity contribution >= 4 is 22.7 Å². The first kappa shape index (κ1) is 10.8. The minimum absolute atomic E-state index is 0.0641. The van der Waals surface area contributed by atoms with Gasteiger partial charge in [-0.2, -0.15) is 0 Å². The fourth-order valence-electron chi connectivity index (χ4n) is 1.07. The number of nitrogen functional groups attached to an aromatic ring is 1. The number of halogens is 3. The molecule has 3 nitrogen and oxygen atoms in total. The maximum atomic E-state index is 12.4. The van der Waals surface area contributed by atoms with Gasteiger partial charge in [0.25, 0.3) is 11.7 Å². The molecule has 0 aliphatic carbocycles. The topological polar surface area (TPSA) is 56.0 Å². The summed E-state index contributed by atoms with van der Waals surface area (Å²) in [5, 5.41) is -0.892. The Hall–Kier alpha value is -1.23. The molecule has 14 heavy (non-hydrogen) atoms. The molecule has 6 heteroatoms. The van der Waals surface area contributed by atoms with Crippen LogP contribution in [0.15, 0.2) is 6.07 Å². The van der Waals surface area contributed by atoms with E-state index in [1.807, 2.05) is 0 Å². The van der Waals surface area contributed by atoms with Crippen LogP contribution in [0.1, 0.15) is 28.0 Å². The first-order valence-electron chi connectivity index (χ1n) is 3.68. The van der Waals surface area contributed by atoms with Gasteiger partial charge in [-0.1, -0.05) is 0 Å². The molecular formula is C8H7ClF2N2O. The van der Waals surface area contributed by atoms with Gasteiger partial charge in [-0.05, 0) is 30.2 Å². The van der Waals surface area contributed by atoms with Gasteiger partial charge in [0.05, 0.1) is 0 Å². The van der Waals surface area contributed by atoms with E-state index >= 15 is 0 Å². The van der Waals surface area contributed by atoms with Crippen LogP contribution in [-0.4, -0.2) is 10.2 Å². The number of anilines is 1. The summed E-state index contributed by atoms with van der Waals surface area (Å²) in [6.07, 6.45) is -2.70. The summed E-state index contributed by atoms with van der Waals surface area (Å²) in [5.41, 5.74) is 4.77. The molecule has 76 valence electrons. The zero-order valence-corrected chi connectivity index (χ0v) is 7.98. The molecule has 0 saturated carbocycles. The first-order valence-corrected chi connectivity index (χ1v) is 4.06. The average Bonchev–Trinajstić information content (AvgIpc) is 2.07. The Kier molecular flexibility index (Phi) is 3.00. The molecule has 1 aromatic heterocycles. The van der Waals surface area contributed by atoms with E-state index in [2.05, 4.69) is 4.98 Å². The highest BCUT2D eigenvalue weighted by Crippen LogP contribution is 2.26. The van der Waals surface area contributed by atoms with Crippen LogP contribution in [0, 0.1) is 6.92 Å². The molecule has 0 radical (unpaired) electrons. The molecule has 0 fully saturated rings. The highest BCUT2D eigenvalue weighted by molar-refractivity contribution is 6.67. The number of hydrogen-bond acceptors (Lipinski definition) is 3. The third-order valence-electron chi connectivity index (χ3n) is 1.75. The Balaban J connectivity index is 3.40. The van der Waals surface area contributed by atoms with Gasteiger partial charge < -0.3 is 5.73 Å². The van der Waals surface area contributed by atoms with Gasteiger partial charge in [-0.25, -0.2) is 13.8 Å². The molecule has 0 unspecified atom stereocenters. The molecule has 2 N–H and O–H groups in total. The molecular weight excluding hydrogens is 214 g/mol. The normalized spacial score (nSPS) is 10.6. The summed E-state index contributed by atoms with van der Waals surface area (Å²) in [4.78, 5) is 14.4. The molecule has 0 aromatic carbocycles. The van der Waals surface area contributed by atoms with E-state index in [4.69, 9.17) is 17.3 Å². The van der Waals surface area contributed by atoms with E-state index < -0.39 is 11.7 Å². The standard InChI is InChI=1S/C8H7ClF2N2O/c1-3-4(8(10)11)2-5(12)13-6(3)7(9)14/h2,8H,1H3,(H2,12,13). The number of nitrogens with two attached hydrogens (primary N) is 1. The van der Waals surface area contributed by atoms with Gasteiger partial charge in [0.2, 0.25) is 0 Å². The van der Waals surface area contributed by atoms with Crippen LogP contribution < -0.4 is 5.73 Å². The number of carbonyl (C=O) groups excluding carboxylic acids is 1. The Morgan fingerprint density at radius 1 is 1.64 bits per heavy atom. The maximum Gasteiger partial charge on any atom is 0.271 e. The lowest BCUT2D eigenvalue weighted by Crippen LogP contribution is -2.06. The van der Waals surface area contributed by atoms with Crippen molar-refractivity contribution in [2.45, 2.75) is 13.3 Å². The van der Waals surface area contributed by atoms with Crippen LogP contribution in [0.4, 0.5) is 14.6 Å². The lowest BCUT2D eigenvalue weighted by molar-refractivity contribution is 0.107. The van der Waals surface area contributed by atoms with Crippen molar-refractivity contribution in [1.82, 2.24) is 4.98 Å². The van der Waals surface area contributed by atoms with Crippen LogP contribution >= 0.6 is 11.6 Å². The maximum absolute atomic E-state index is 12.4. The fourth-order valence-corrected chi connectivity index (χ4v) is 1.25. The predicted molar refractivity (Wildman–Crippen MR) is 48.5 cm³/mol. The summed E-state index contributed by atoms with van der Waals surface area (Å²) in [7, 11) is 0. The van der Waals surface area contributed by atoms with Crippen molar-refractivity contribution < 1.29 is 13.6 Å². The van der Waals surface area contributed by atoms with Crippen LogP contribution in [0.3, 0.4) is 0 Å². The van der Waals surface area contributed by atoms with Crippen molar-refractivity contribution in [3.63, 3.8) is 0 Å². The van der Waals surface area contributed by atoms with Gasteiger partial charge >= 0.3 is 0 Å². The summed E-state index contributed by atoms with van der Waals surface area (Å²) < 4.78 is 24.8. The number of pyridine rings is 1. The van der Waals surface area contributed by atoms with E-state index in [1.165, 1.54) is 6.92 Å². The molecule has 0 amide bonds. The van der Waals surface area contributed by atoms with Crippen molar-refractivity contribution in [3.8, 4) is 0 Å². The number of hydrogen-bond donors (Lipinski definition) is 1. The van der Waals surface area contributed by atoms with Gasteiger partial charge in [-0.3, -0.25) is 4.79 Å². The van der Waals surface area contributed by atoms with Gasteiger partial charge in [0.1, 0.15) is 11.5 Å². The van der Waals surface area contributed by atoms with Crippen molar-refractivity contribution in [2.75, 3.05) is 5.73 Å². The molecule has 0 aliphatic heterocycles. The van der Waals surface area contributed by atoms with Crippen LogP contribution in [0.2, 0.25) is 0 Å². The molecule has 1 heterocycles. The van der Waals surface area contributed by atoms with Crippen LogP contribution in [0.25, 0.3) is 0 Å². The third kappa shape index (κ3) is 1.98. The number of nitrogens with zero attached hydrogens (tertiary/aromatic N) is 1. The summed E-state index contributed by atoms with van der Waals surface area (Å²) >= 11 is 5.16. The quantitative estimate of drug-likeness (QED) is 0.778. The van der Waals surface area contributed by atoms with Crippen molar-refractivity contribution in [2.24, 2.45) is 0 Å². The van der Waals surface area contributed by atoms with Crippen molar-refractivity contribution in [1.29, 1.82) is 0 Å². The second kappa shape index (κ2) is 3.88. The third-order valence-corrected chi connectivity index (χ3v) is 1.93. The second-order valence-corrected chi connectivity index (χ2v) is 3.03. The van der Waals surface area contributed by atoms with Gasteiger partial charge in [0, 0.05) is 5.56 Å². The highest BCUT2D eigenvalue weighted by atomic mass is 35.5. The molecule has 0 atom stereocenters. The minimum Gasteiger partial charge on any atom is -0.384 e. The lowest BCUT2D eigenvalue weighted by Gasteiger charge is -2.08. The molecule has 1 aromatic rings. The Morgan fingerprint density at radius 2 is 2.21 bits per heavy atom. The SMILES string of the molecule is Cc1c(C(F)F)cc(N)nc1C(=O)Cl. The number of aromatic nitrogens is 1. The first-order chi connectivity index (χ1) is 6.43. The van der Waals surface area contributed by atoms with E-state index in [1.54, 1.807) is 0 Å². The Morgan fingerprint density at radius 3 is 2.64 bits per heavy atom. The van der Waals surface area contributed by atoms with E-state index in [-0.39, 0.29) is 22.6 Å². The smallest absolute Gasteiger partial charge is 0.271 e. The second-order valence-electron chi connectivity index (χ2n) is 2.68. The molecule has 0 bridgehead atoms. The molecule has 0 saturated heterocycles. The fraction of sp³-hybridized carbons (Fsp3) is 0.250. The largest absolute Gasteiger partial charge is 0.384 e. The molecule has 1 rings (SSSR count).